The van der Waals surface area contributed by atoms with Gasteiger partial charge >= 0.3 is 0 Å². The lowest BCUT2D eigenvalue weighted by Crippen LogP contribution is -2.21. The number of ether oxygens (including phenoxy) is 1. The van der Waals surface area contributed by atoms with Gasteiger partial charge in [-0.1, -0.05) is 0 Å². The molecule has 0 aliphatic carbocycles. The highest BCUT2D eigenvalue weighted by atomic mass is 16.5. The summed E-state index contributed by atoms with van der Waals surface area (Å²) in [6, 6.07) is 0. The van der Waals surface area contributed by atoms with Crippen LogP contribution in [0.15, 0.2) is 0 Å². The van der Waals surface area contributed by atoms with Gasteiger partial charge in [0.25, 0.3) is 0 Å². The van der Waals surface area contributed by atoms with Crippen LogP contribution in [0.4, 0.5) is 0 Å². The van der Waals surface area contributed by atoms with Crippen molar-refractivity contribution >= 4 is 0 Å². The molecule has 14 heavy (non-hydrogen) atoms. The van der Waals surface area contributed by atoms with Crippen LogP contribution in [0.5, 0.6) is 0 Å². The molecule has 0 amide bonds. The van der Waals surface area contributed by atoms with Gasteiger partial charge in [-0.25, -0.2) is 0 Å². The van der Waals surface area contributed by atoms with Gasteiger partial charge in [-0.15, -0.1) is 12.3 Å². The lowest BCUT2D eigenvalue weighted by Gasteiger charge is -2.09. The Morgan fingerprint density at radius 1 is 1.36 bits per heavy atom. The van der Waals surface area contributed by atoms with Gasteiger partial charge in [0, 0.05) is 13.0 Å². The fourth-order valence-electron chi connectivity index (χ4n) is 1.74. The van der Waals surface area contributed by atoms with Crippen molar-refractivity contribution in [3.05, 3.63) is 0 Å². The molecule has 1 saturated heterocycles. The maximum atomic E-state index is 5.53. The Morgan fingerprint density at radius 3 is 3.00 bits per heavy atom. The van der Waals surface area contributed by atoms with Crippen LogP contribution in [-0.4, -0.2) is 25.8 Å². The summed E-state index contributed by atoms with van der Waals surface area (Å²) in [6.07, 6.45) is 12.6. The van der Waals surface area contributed by atoms with E-state index in [9.17, 15) is 0 Å². The Morgan fingerprint density at radius 2 is 2.29 bits per heavy atom. The molecule has 0 saturated carbocycles. The SMILES string of the molecule is C#CCCCCNCCC1CCCO1. The third-order valence-electron chi connectivity index (χ3n) is 2.59. The molecule has 2 nitrogen and oxygen atoms in total. The summed E-state index contributed by atoms with van der Waals surface area (Å²) in [4.78, 5) is 0. The van der Waals surface area contributed by atoms with Crippen LogP contribution in [0, 0.1) is 12.3 Å². The number of unbranched alkanes of at least 4 members (excludes halogenated alkanes) is 2. The molecule has 0 aromatic heterocycles. The van der Waals surface area contributed by atoms with Crippen LogP contribution in [0.3, 0.4) is 0 Å². The summed E-state index contributed by atoms with van der Waals surface area (Å²) in [5.74, 6) is 2.66. The summed E-state index contributed by atoms with van der Waals surface area (Å²) < 4.78 is 5.53. The molecule has 1 unspecified atom stereocenters. The first-order valence-corrected chi connectivity index (χ1v) is 5.69. The van der Waals surface area contributed by atoms with E-state index in [-0.39, 0.29) is 0 Å². The minimum Gasteiger partial charge on any atom is -0.378 e. The number of rotatable bonds is 7. The maximum absolute atomic E-state index is 5.53. The predicted octanol–water partition coefficient (Wildman–Crippen LogP) is 1.95. The summed E-state index contributed by atoms with van der Waals surface area (Å²) in [7, 11) is 0. The van der Waals surface area contributed by atoms with Crippen LogP contribution < -0.4 is 5.32 Å². The molecule has 0 spiro atoms. The Labute approximate surface area is 87.4 Å². The Balaban J connectivity index is 1.78. The van der Waals surface area contributed by atoms with Gasteiger partial charge in [-0.2, -0.15) is 0 Å². The fourth-order valence-corrected chi connectivity index (χ4v) is 1.74. The van der Waals surface area contributed by atoms with Crippen LogP contribution in [0.25, 0.3) is 0 Å². The van der Waals surface area contributed by atoms with Gasteiger partial charge < -0.3 is 10.1 Å². The van der Waals surface area contributed by atoms with E-state index in [4.69, 9.17) is 11.2 Å². The monoisotopic (exact) mass is 195 g/mol. The summed E-state index contributed by atoms with van der Waals surface area (Å²) in [6.45, 7) is 3.14. The molecule has 2 heteroatoms. The van der Waals surface area contributed by atoms with Crippen molar-refractivity contribution in [2.75, 3.05) is 19.7 Å². The van der Waals surface area contributed by atoms with E-state index in [1.165, 1.54) is 19.3 Å². The smallest absolute Gasteiger partial charge is 0.0588 e. The number of hydrogen-bond acceptors (Lipinski definition) is 2. The van der Waals surface area contributed by atoms with E-state index in [0.717, 1.165) is 39.0 Å². The standard InChI is InChI=1S/C12H21NO/c1-2-3-4-5-9-13-10-8-12-7-6-11-14-12/h1,12-13H,3-11H2. The molecule has 1 rings (SSSR count). The lowest BCUT2D eigenvalue weighted by atomic mass is 10.2. The Hall–Kier alpha value is -0.520. The van der Waals surface area contributed by atoms with Gasteiger partial charge in [-0.3, -0.25) is 0 Å². The highest BCUT2D eigenvalue weighted by molar-refractivity contribution is 4.82. The minimum absolute atomic E-state index is 0.521. The van der Waals surface area contributed by atoms with E-state index < -0.39 is 0 Å². The van der Waals surface area contributed by atoms with Crippen molar-refractivity contribution in [2.24, 2.45) is 0 Å². The molecule has 1 aliphatic heterocycles. The van der Waals surface area contributed by atoms with Gasteiger partial charge in [0.05, 0.1) is 6.10 Å². The van der Waals surface area contributed by atoms with E-state index in [1.54, 1.807) is 0 Å². The first-order valence-electron chi connectivity index (χ1n) is 5.69. The first-order chi connectivity index (χ1) is 6.93. The van der Waals surface area contributed by atoms with Crippen molar-refractivity contribution < 1.29 is 4.74 Å². The van der Waals surface area contributed by atoms with Crippen LogP contribution in [-0.2, 0) is 4.74 Å². The van der Waals surface area contributed by atoms with E-state index in [2.05, 4.69) is 11.2 Å². The van der Waals surface area contributed by atoms with Crippen molar-refractivity contribution in [3.63, 3.8) is 0 Å². The summed E-state index contributed by atoms with van der Waals surface area (Å²) >= 11 is 0. The quantitative estimate of drug-likeness (QED) is 0.495. The van der Waals surface area contributed by atoms with Crippen LogP contribution >= 0.6 is 0 Å². The fraction of sp³-hybridized carbons (Fsp3) is 0.833. The van der Waals surface area contributed by atoms with Crippen molar-refractivity contribution in [1.82, 2.24) is 5.32 Å². The zero-order valence-electron chi connectivity index (χ0n) is 8.93. The summed E-state index contributed by atoms with van der Waals surface area (Å²) in [5.41, 5.74) is 0. The second-order valence-corrected chi connectivity index (χ2v) is 3.83. The molecular weight excluding hydrogens is 174 g/mol. The molecule has 0 radical (unpaired) electrons. The molecule has 80 valence electrons. The zero-order chi connectivity index (χ0) is 10.1. The van der Waals surface area contributed by atoms with Gasteiger partial charge in [0.2, 0.25) is 0 Å². The second-order valence-electron chi connectivity index (χ2n) is 3.83. The van der Waals surface area contributed by atoms with Crippen LogP contribution in [0.2, 0.25) is 0 Å². The Bertz CT molecular complexity index is 168. The highest BCUT2D eigenvalue weighted by Crippen LogP contribution is 2.14. The van der Waals surface area contributed by atoms with Gasteiger partial charge in [0.15, 0.2) is 0 Å². The molecule has 0 aromatic carbocycles. The van der Waals surface area contributed by atoms with E-state index in [0.29, 0.717) is 6.10 Å². The summed E-state index contributed by atoms with van der Waals surface area (Å²) in [5, 5.41) is 3.42. The van der Waals surface area contributed by atoms with Crippen molar-refractivity contribution in [3.8, 4) is 12.3 Å². The second kappa shape index (κ2) is 7.84. The number of nitrogens with one attached hydrogen (secondary N) is 1. The molecule has 1 atom stereocenters. The van der Waals surface area contributed by atoms with E-state index >= 15 is 0 Å². The average molecular weight is 195 g/mol. The third-order valence-corrected chi connectivity index (χ3v) is 2.59. The van der Waals surface area contributed by atoms with Gasteiger partial charge in [-0.05, 0) is 45.2 Å². The number of terminal acetylenes is 1. The van der Waals surface area contributed by atoms with Crippen molar-refractivity contribution in [2.45, 2.75) is 44.6 Å². The molecule has 0 aromatic rings. The average Bonchev–Trinajstić information content (AvgIpc) is 2.69. The van der Waals surface area contributed by atoms with Crippen molar-refractivity contribution in [1.29, 1.82) is 0 Å². The predicted molar refractivity (Wildman–Crippen MR) is 59.1 cm³/mol. The topological polar surface area (TPSA) is 21.3 Å². The minimum atomic E-state index is 0.521. The third kappa shape index (κ3) is 5.26. The highest BCUT2D eigenvalue weighted by Gasteiger charge is 2.13. The van der Waals surface area contributed by atoms with E-state index in [1.807, 2.05) is 0 Å². The van der Waals surface area contributed by atoms with Gasteiger partial charge in [0.1, 0.15) is 0 Å². The molecule has 1 heterocycles. The molecule has 0 bridgehead atoms. The zero-order valence-corrected chi connectivity index (χ0v) is 8.93. The number of hydrogen-bond donors (Lipinski definition) is 1. The Kier molecular flexibility index (Phi) is 6.47. The van der Waals surface area contributed by atoms with Crippen LogP contribution in [0.1, 0.15) is 38.5 Å². The molecule has 1 aliphatic rings. The lowest BCUT2D eigenvalue weighted by molar-refractivity contribution is 0.104. The molecule has 1 N–H and O–H groups in total. The molecule has 1 fully saturated rings. The molecular formula is C12H21NO. The maximum Gasteiger partial charge on any atom is 0.0588 e. The largest absolute Gasteiger partial charge is 0.378 e. The first kappa shape index (κ1) is 11.6. The normalized spacial score (nSPS) is 20.9.